The number of allylic oxidation sites excluding steroid dienone is 1. The maximum Gasteiger partial charge on any atom is 0.255 e. The summed E-state index contributed by atoms with van der Waals surface area (Å²) >= 11 is 14.3. The predicted octanol–water partition coefficient (Wildman–Crippen LogP) is 8.22. The number of ether oxygens (including phenoxy) is 2. The van der Waals surface area contributed by atoms with Crippen LogP contribution >= 0.6 is 35.0 Å². The molecule has 4 aromatic rings. The zero-order valence-corrected chi connectivity index (χ0v) is 27.0. The number of aromatic nitrogens is 3. The second kappa shape index (κ2) is 13.3. The van der Waals surface area contributed by atoms with Gasteiger partial charge in [-0.25, -0.2) is 4.68 Å². The van der Waals surface area contributed by atoms with E-state index in [4.69, 9.17) is 37.8 Å². The highest BCUT2D eigenvalue weighted by Gasteiger charge is 2.35. The van der Waals surface area contributed by atoms with Crippen molar-refractivity contribution in [3.63, 3.8) is 0 Å². The van der Waals surface area contributed by atoms with Gasteiger partial charge >= 0.3 is 0 Å². The van der Waals surface area contributed by atoms with Crippen molar-refractivity contribution >= 4 is 52.5 Å². The van der Waals surface area contributed by atoms with Gasteiger partial charge in [0.2, 0.25) is 11.1 Å². The molecule has 1 amide bonds. The smallest absolute Gasteiger partial charge is 0.255 e. The minimum atomic E-state index is -0.577. The predicted molar refractivity (Wildman–Crippen MR) is 174 cm³/mol. The Morgan fingerprint density at radius 2 is 1.77 bits per heavy atom. The Kier molecular flexibility index (Phi) is 9.54. The topological polar surface area (TPSA) is 90.3 Å². The molecule has 0 saturated carbocycles. The Morgan fingerprint density at radius 1 is 1.02 bits per heavy atom. The van der Waals surface area contributed by atoms with E-state index in [1.54, 1.807) is 22.9 Å². The van der Waals surface area contributed by atoms with Crippen molar-refractivity contribution < 1.29 is 14.3 Å². The molecule has 1 aromatic heterocycles. The molecule has 5 rings (SSSR count). The van der Waals surface area contributed by atoms with Crippen LogP contribution in [0, 0.1) is 13.8 Å². The first-order valence-corrected chi connectivity index (χ1v) is 15.7. The van der Waals surface area contributed by atoms with Crippen molar-refractivity contribution in [1.29, 1.82) is 0 Å². The van der Waals surface area contributed by atoms with Gasteiger partial charge in [-0.3, -0.25) is 4.79 Å². The lowest BCUT2D eigenvalue weighted by Crippen LogP contribution is -2.31. The molecule has 0 saturated heterocycles. The van der Waals surface area contributed by atoms with E-state index >= 15 is 0 Å². The normalized spacial score (nSPS) is 14.3. The molecule has 1 atom stereocenters. The summed E-state index contributed by atoms with van der Waals surface area (Å²) in [5, 5.41) is 12.9. The summed E-state index contributed by atoms with van der Waals surface area (Å²) < 4.78 is 13.9. The molecular formula is C32H33Cl2N5O3S. The first kappa shape index (κ1) is 30.8. The van der Waals surface area contributed by atoms with Gasteiger partial charge in [0.1, 0.15) is 12.6 Å². The summed E-state index contributed by atoms with van der Waals surface area (Å²) in [6.45, 7) is 10.4. The lowest BCUT2D eigenvalue weighted by Gasteiger charge is -2.29. The van der Waals surface area contributed by atoms with Crippen molar-refractivity contribution in [2.45, 2.75) is 52.4 Å². The zero-order chi connectivity index (χ0) is 30.7. The summed E-state index contributed by atoms with van der Waals surface area (Å²) in [6, 6.07) is 16.3. The van der Waals surface area contributed by atoms with Crippen molar-refractivity contribution in [3.8, 4) is 11.5 Å². The van der Waals surface area contributed by atoms with Gasteiger partial charge in [0, 0.05) is 27.0 Å². The van der Waals surface area contributed by atoms with Crippen molar-refractivity contribution in [2.24, 2.45) is 0 Å². The Hall–Kier alpha value is -3.66. The second-order valence-electron chi connectivity index (χ2n) is 9.99. The number of nitrogens with one attached hydrogen (secondary N) is 2. The van der Waals surface area contributed by atoms with E-state index in [1.807, 2.05) is 71.0 Å². The van der Waals surface area contributed by atoms with E-state index in [0.29, 0.717) is 56.1 Å². The molecule has 0 fully saturated rings. The maximum atomic E-state index is 14.0. The molecule has 0 radical (unpaired) electrons. The molecule has 0 bridgehead atoms. The standard InChI is InChI=1S/C32H33Cl2N5O3S/c1-6-41-27-16-21(14-15-26(27)42-17-22-23(33)11-9-12-24(22)34)29-28(30(40)36-25-13-8-10-18(3)19(25)4)20(5)35-31-37-32(43-7-2)38-39(29)31/h8-16,29H,6-7,17H2,1-5H3,(H,36,40)(H,35,37,38). The Balaban J connectivity index is 1.55. The molecule has 43 heavy (non-hydrogen) atoms. The van der Waals surface area contributed by atoms with Crippen molar-refractivity contribution in [1.82, 2.24) is 14.8 Å². The fourth-order valence-corrected chi connectivity index (χ4v) is 5.96. The van der Waals surface area contributed by atoms with Gasteiger partial charge in [0.15, 0.2) is 11.5 Å². The molecule has 2 heterocycles. The van der Waals surface area contributed by atoms with Gasteiger partial charge in [0.05, 0.1) is 12.2 Å². The summed E-state index contributed by atoms with van der Waals surface area (Å²) in [5.74, 6) is 2.20. The first-order valence-electron chi connectivity index (χ1n) is 14.0. The van der Waals surface area contributed by atoms with E-state index < -0.39 is 6.04 Å². The molecule has 8 nitrogen and oxygen atoms in total. The minimum absolute atomic E-state index is 0.165. The van der Waals surface area contributed by atoms with Gasteiger partial charge in [-0.1, -0.05) is 66.2 Å². The lowest BCUT2D eigenvalue weighted by atomic mass is 9.94. The monoisotopic (exact) mass is 637 g/mol. The highest BCUT2D eigenvalue weighted by molar-refractivity contribution is 7.99. The number of hydrogen-bond donors (Lipinski definition) is 2. The second-order valence-corrected chi connectivity index (χ2v) is 12.0. The van der Waals surface area contributed by atoms with E-state index in [-0.39, 0.29) is 12.5 Å². The van der Waals surface area contributed by atoms with E-state index in [0.717, 1.165) is 28.1 Å². The SMILES string of the molecule is CCOc1cc(C2C(C(=O)Nc3cccc(C)c3C)=C(C)Nc3nc(SCC)nn32)ccc1OCc1c(Cl)cccc1Cl. The van der Waals surface area contributed by atoms with Crippen molar-refractivity contribution in [3.05, 3.63) is 98.2 Å². The number of carbonyl (C=O) groups excluding carboxylic acids is 1. The maximum absolute atomic E-state index is 14.0. The first-order chi connectivity index (χ1) is 20.7. The molecule has 1 unspecified atom stereocenters. The number of amides is 1. The molecular weight excluding hydrogens is 605 g/mol. The fourth-order valence-electron chi connectivity index (χ4n) is 4.90. The van der Waals surface area contributed by atoms with Crippen LogP contribution in [0.15, 0.2) is 71.0 Å². The Bertz CT molecular complexity index is 1680. The average molecular weight is 639 g/mol. The van der Waals surface area contributed by atoms with Crippen LogP contribution in [0.2, 0.25) is 10.0 Å². The molecule has 11 heteroatoms. The number of halogens is 2. The van der Waals surface area contributed by atoms with Gasteiger partial charge in [-0.15, -0.1) is 5.10 Å². The third-order valence-electron chi connectivity index (χ3n) is 7.22. The van der Waals surface area contributed by atoms with Crippen molar-refractivity contribution in [2.75, 3.05) is 23.0 Å². The van der Waals surface area contributed by atoms with Crippen LogP contribution in [0.4, 0.5) is 11.6 Å². The van der Waals surface area contributed by atoms with E-state index in [2.05, 4.69) is 15.6 Å². The molecule has 224 valence electrons. The molecule has 0 spiro atoms. The third kappa shape index (κ3) is 6.49. The van der Waals surface area contributed by atoms with Gasteiger partial charge in [-0.2, -0.15) is 4.98 Å². The third-order valence-corrected chi connectivity index (χ3v) is 8.65. The number of anilines is 2. The number of nitrogens with zero attached hydrogens (tertiary/aromatic N) is 3. The van der Waals surface area contributed by atoms with Gasteiger partial charge < -0.3 is 20.1 Å². The van der Waals surface area contributed by atoms with Crippen LogP contribution in [0.3, 0.4) is 0 Å². The van der Waals surface area contributed by atoms with Gasteiger partial charge in [-0.05, 0) is 80.5 Å². The molecule has 1 aliphatic rings. The molecule has 1 aliphatic heterocycles. The number of carbonyl (C=O) groups is 1. The van der Waals surface area contributed by atoms with Crippen LogP contribution in [0.1, 0.15) is 49.1 Å². The van der Waals surface area contributed by atoms with Crippen LogP contribution in [-0.2, 0) is 11.4 Å². The molecule has 0 aliphatic carbocycles. The fraction of sp³-hybridized carbons (Fsp3) is 0.281. The quantitative estimate of drug-likeness (QED) is 0.169. The largest absolute Gasteiger partial charge is 0.490 e. The van der Waals surface area contributed by atoms with Gasteiger partial charge in [0.25, 0.3) is 5.91 Å². The number of thioether (sulfide) groups is 1. The Morgan fingerprint density at radius 3 is 2.49 bits per heavy atom. The highest BCUT2D eigenvalue weighted by atomic mass is 35.5. The summed E-state index contributed by atoms with van der Waals surface area (Å²) in [5.41, 5.74) is 5.55. The van der Waals surface area contributed by atoms with E-state index in [1.165, 1.54) is 11.8 Å². The molecule has 3 aromatic carbocycles. The molecule has 2 N–H and O–H groups in total. The van der Waals surface area contributed by atoms with Crippen LogP contribution in [0.5, 0.6) is 11.5 Å². The van der Waals surface area contributed by atoms with Crippen LogP contribution < -0.4 is 20.1 Å². The highest BCUT2D eigenvalue weighted by Crippen LogP contribution is 2.40. The number of benzene rings is 3. The minimum Gasteiger partial charge on any atom is -0.490 e. The summed E-state index contributed by atoms with van der Waals surface area (Å²) in [4.78, 5) is 18.7. The number of rotatable bonds is 10. The van der Waals surface area contributed by atoms with Crippen LogP contribution in [0.25, 0.3) is 0 Å². The lowest BCUT2D eigenvalue weighted by molar-refractivity contribution is -0.113. The number of hydrogen-bond acceptors (Lipinski definition) is 7. The van der Waals surface area contributed by atoms with E-state index in [9.17, 15) is 4.79 Å². The summed E-state index contributed by atoms with van der Waals surface area (Å²) in [7, 11) is 0. The summed E-state index contributed by atoms with van der Waals surface area (Å²) in [6.07, 6.45) is 0. The average Bonchev–Trinajstić information content (AvgIpc) is 3.37. The zero-order valence-electron chi connectivity index (χ0n) is 24.6. The number of aryl methyl sites for hydroxylation is 1. The van der Waals surface area contributed by atoms with Crippen LogP contribution in [-0.4, -0.2) is 33.0 Å². The Labute approximate surface area is 265 Å². The number of fused-ring (bicyclic) bond motifs is 1.